The van der Waals surface area contributed by atoms with E-state index in [0.29, 0.717) is 42.4 Å². The molecule has 0 fully saturated rings. The van der Waals surface area contributed by atoms with E-state index in [1.165, 1.54) is 18.2 Å². The van der Waals surface area contributed by atoms with Crippen LogP contribution in [0.5, 0.6) is 5.75 Å². The van der Waals surface area contributed by atoms with Gasteiger partial charge in [0.25, 0.3) is 5.91 Å². The Bertz CT molecular complexity index is 1370. The number of aryl methyl sites for hydroxylation is 2. The van der Waals surface area contributed by atoms with Crippen LogP contribution in [0.25, 0.3) is 5.65 Å². The zero-order valence-electron chi connectivity index (χ0n) is 18.2. The van der Waals surface area contributed by atoms with Crippen LogP contribution >= 0.6 is 11.6 Å². The number of fused-ring (bicyclic) bond motifs is 3. The minimum atomic E-state index is -0.458. The van der Waals surface area contributed by atoms with Gasteiger partial charge in [0, 0.05) is 30.4 Å². The lowest BCUT2D eigenvalue weighted by Crippen LogP contribution is -2.26. The van der Waals surface area contributed by atoms with E-state index < -0.39 is 5.82 Å². The Hall–Kier alpha value is -3.52. The molecule has 0 saturated heterocycles. The molecule has 0 N–H and O–H groups in total. The first-order valence-corrected chi connectivity index (χ1v) is 10.9. The summed E-state index contributed by atoms with van der Waals surface area (Å²) in [5.41, 5.74) is 5.28. The van der Waals surface area contributed by atoms with Crippen LogP contribution in [0.3, 0.4) is 0 Å². The lowest BCUT2D eigenvalue weighted by Gasteiger charge is -2.18. The number of benzene rings is 1. The molecule has 0 saturated carbocycles. The number of aromatic nitrogens is 4. The molecule has 3 aromatic heterocycles. The fourth-order valence-corrected chi connectivity index (χ4v) is 4.17. The molecule has 0 atom stereocenters. The second-order valence-corrected chi connectivity index (χ2v) is 8.39. The standard InChI is InChI=1S/C24H21ClFN5O2/c1-14-22(25)15(2)31-23(28-14)19-12-30(13-20(19)29-31)24(32)18-4-3-17(26)11-21(18)33-10-7-16-5-8-27-9-6-16/h3-6,8-9,11H,7,10,12-13H2,1-2H3. The highest BCUT2D eigenvalue weighted by atomic mass is 35.5. The summed E-state index contributed by atoms with van der Waals surface area (Å²) in [6.07, 6.45) is 4.03. The van der Waals surface area contributed by atoms with E-state index in [2.05, 4.69) is 15.1 Å². The average molecular weight is 466 g/mol. The minimum absolute atomic E-state index is 0.226. The summed E-state index contributed by atoms with van der Waals surface area (Å²) >= 11 is 6.31. The zero-order chi connectivity index (χ0) is 23.1. The summed E-state index contributed by atoms with van der Waals surface area (Å²) in [7, 11) is 0. The van der Waals surface area contributed by atoms with Crippen molar-refractivity contribution in [2.75, 3.05) is 6.61 Å². The number of amides is 1. The van der Waals surface area contributed by atoms with Crippen LogP contribution in [0.2, 0.25) is 5.02 Å². The van der Waals surface area contributed by atoms with Crippen LogP contribution in [0.4, 0.5) is 4.39 Å². The molecule has 0 unspecified atom stereocenters. The number of carbonyl (C=O) groups is 1. The van der Waals surface area contributed by atoms with Gasteiger partial charge in [0.05, 0.1) is 47.4 Å². The van der Waals surface area contributed by atoms with Gasteiger partial charge in [-0.1, -0.05) is 11.6 Å². The fraction of sp³-hybridized carbons (Fsp3) is 0.250. The number of hydrogen-bond acceptors (Lipinski definition) is 5. The van der Waals surface area contributed by atoms with Gasteiger partial charge in [-0.05, 0) is 43.7 Å². The van der Waals surface area contributed by atoms with E-state index >= 15 is 0 Å². The maximum atomic E-state index is 13.9. The van der Waals surface area contributed by atoms with Gasteiger partial charge in [0.2, 0.25) is 0 Å². The van der Waals surface area contributed by atoms with Gasteiger partial charge >= 0.3 is 0 Å². The Morgan fingerprint density at radius 1 is 1.18 bits per heavy atom. The third-order valence-corrected chi connectivity index (χ3v) is 6.36. The van der Waals surface area contributed by atoms with E-state index in [1.807, 2.05) is 26.0 Å². The molecule has 9 heteroatoms. The molecule has 5 rings (SSSR count). The topological polar surface area (TPSA) is 72.6 Å². The largest absolute Gasteiger partial charge is 0.492 e. The Kier molecular flexibility index (Phi) is 5.46. The first kappa shape index (κ1) is 21.3. The summed E-state index contributed by atoms with van der Waals surface area (Å²) in [5.74, 6) is -0.475. The quantitative estimate of drug-likeness (QED) is 0.439. The highest BCUT2D eigenvalue weighted by molar-refractivity contribution is 6.31. The van der Waals surface area contributed by atoms with Crippen LogP contribution in [-0.4, -0.2) is 37.0 Å². The normalized spacial score (nSPS) is 12.9. The second kappa shape index (κ2) is 8.44. The van der Waals surface area contributed by atoms with Crippen LogP contribution < -0.4 is 4.74 Å². The Morgan fingerprint density at radius 3 is 2.76 bits per heavy atom. The summed E-state index contributed by atoms with van der Waals surface area (Å²) < 4.78 is 21.5. The summed E-state index contributed by atoms with van der Waals surface area (Å²) in [6, 6.07) is 7.77. The second-order valence-electron chi connectivity index (χ2n) is 8.01. The predicted octanol–water partition coefficient (Wildman–Crippen LogP) is 4.31. The summed E-state index contributed by atoms with van der Waals surface area (Å²) in [5, 5.41) is 5.20. The van der Waals surface area contributed by atoms with E-state index in [4.69, 9.17) is 16.3 Å². The van der Waals surface area contributed by atoms with Crippen LogP contribution in [0.15, 0.2) is 42.7 Å². The molecule has 4 heterocycles. The number of rotatable bonds is 5. The van der Waals surface area contributed by atoms with E-state index in [9.17, 15) is 9.18 Å². The highest BCUT2D eigenvalue weighted by Gasteiger charge is 2.31. The molecule has 0 spiro atoms. The van der Waals surface area contributed by atoms with E-state index in [1.54, 1.807) is 21.8 Å². The summed E-state index contributed by atoms with van der Waals surface area (Å²) in [6.45, 7) is 4.75. The molecular weight excluding hydrogens is 445 g/mol. The van der Waals surface area contributed by atoms with Crippen molar-refractivity contribution in [3.8, 4) is 5.75 Å². The van der Waals surface area contributed by atoms with Gasteiger partial charge in [-0.15, -0.1) is 0 Å². The number of pyridine rings is 1. The van der Waals surface area contributed by atoms with Gasteiger partial charge in [-0.3, -0.25) is 9.78 Å². The van der Waals surface area contributed by atoms with Crippen molar-refractivity contribution >= 4 is 23.2 Å². The van der Waals surface area contributed by atoms with Crippen molar-refractivity contribution in [3.63, 3.8) is 0 Å². The molecule has 168 valence electrons. The van der Waals surface area contributed by atoms with Crippen LogP contribution in [-0.2, 0) is 19.5 Å². The summed E-state index contributed by atoms with van der Waals surface area (Å²) in [4.78, 5) is 23.6. The Balaban J connectivity index is 1.37. The number of ether oxygens (including phenoxy) is 1. The molecule has 33 heavy (non-hydrogen) atoms. The van der Waals surface area contributed by atoms with Gasteiger partial charge in [0.1, 0.15) is 11.6 Å². The van der Waals surface area contributed by atoms with Crippen LogP contribution in [0, 0.1) is 19.7 Å². The maximum Gasteiger partial charge on any atom is 0.258 e. The van der Waals surface area contributed by atoms with E-state index in [0.717, 1.165) is 28.2 Å². The third kappa shape index (κ3) is 3.91. The number of nitrogens with zero attached hydrogens (tertiary/aromatic N) is 5. The van der Waals surface area contributed by atoms with Crippen LogP contribution in [0.1, 0.15) is 38.6 Å². The fourth-order valence-electron chi connectivity index (χ4n) is 4.05. The molecule has 1 amide bonds. The Labute approximate surface area is 194 Å². The molecule has 7 nitrogen and oxygen atoms in total. The smallest absolute Gasteiger partial charge is 0.258 e. The SMILES string of the molecule is Cc1nc2c3c(nn2c(C)c1Cl)CN(C(=O)c1ccc(F)cc1OCCc1ccncc1)C3. The number of halogens is 2. The molecule has 0 radical (unpaired) electrons. The minimum Gasteiger partial charge on any atom is -0.492 e. The molecule has 0 bridgehead atoms. The third-order valence-electron chi connectivity index (χ3n) is 5.81. The van der Waals surface area contributed by atoms with Gasteiger partial charge in [-0.2, -0.15) is 5.10 Å². The monoisotopic (exact) mass is 465 g/mol. The zero-order valence-corrected chi connectivity index (χ0v) is 18.9. The van der Waals surface area contributed by atoms with Crippen molar-refractivity contribution in [3.05, 3.63) is 87.3 Å². The molecule has 4 aromatic rings. The van der Waals surface area contributed by atoms with Gasteiger partial charge in [0.15, 0.2) is 5.65 Å². The number of hydrogen-bond donors (Lipinski definition) is 0. The average Bonchev–Trinajstić information content (AvgIpc) is 3.37. The molecule has 0 aliphatic carbocycles. The van der Waals surface area contributed by atoms with Gasteiger partial charge in [-0.25, -0.2) is 13.9 Å². The molecular formula is C24H21ClFN5O2. The highest BCUT2D eigenvalue weighted by Crippen LogP contribution is 2.31. The predicted molar refractivity (Wildman–Crippen MR) is 121 cm³/mol. The Morgan fingerprint density at radius 2 is 1.97 bits per heavy atom. The molecule has 1 aliphatic rings. The van der Waals surface area contributed by atoms with Crippen molar-refractivity contribution in [2.24, 2.45) is 0 Å². The lowest BCUT2D eigenvalue weighted by atomic mass is 10.1. The number of carbonyl (C=O) groups excluding carboxylic acids is 1. The van der Waals surface area contributed by atoms with E-state index in [-0.39, 0.29) is 11.7 Å². The molecule has 1 aliphatic heterocycles. The maximum absolute atomic E-state index is 13.9. The first-order valence-electron chi connectivity index (χ1n) is 10.6. The van der Waals surface area contributed by atoms with Crippen molar-refractivity contribution in [1.29, 1.82) is 0 Å². The van der Waals surface area contributed by atoms with Crippen molar-refractivity contribution in [1.82, 2.24) is 24.5 Å². The van der Waals surface area contributed by atoms with Gasteiger partial charge < -0.3 is 9.64 Å². The van der Waals surface area contributed by atoms with Crippen molar-refractivity contribution in [2.45, 2.75) is 33.4 Å². The first-order chi connectivity index (χ1) is 15.9. The molecule has 1 aromatic carbocycles. The lowest BCUT2D eigenvalue weighted by molar-refractivity contribution is 0.0745. The van der Waals surface area contributed by atoms with Crippen molar-refractivity contribution < 1.29 is 13.9 Å².